The summed E-state index contributed by atoms with van der Waals surface area (Å²) in [7, 11) is 2.02. The quantitative estimate of drug-likeness (QED) is 0.802. The van der Waals surface area contributed by atoms with Crippen molar-refractivity contribution in [3.8, 4) is 0 Å². The maximum atomic E-state index is 12.3. The highest BCUT2D eigenvalue weighted by Gasteiger charge is 2.29. The molecule has 0 atom stereocenters. The maximum absolute atomic E-state index is 12.3. The van der Waals surface area contributed by atoms with Gasteiger partial charge in [0.2, 0.25) is 5.91 Å². The second-order valence-electron chi connectivity index (χ2n) is 6.49. The van der Waals surface area contributed by atoms with Gasteiger partial charge in [0.05, 0.1) is 5.69 Å². The third kappa shape index (κ3) is 3.24. The number of aromatic nitrogens is 2. The summed E-state index contributed by atoms with van der Waals surface area (Å²) in [6, 6.07) is 6.25. The van der Waals surface area contributed by atoms with Crippen molar-refractivity contribution in [1.82, 2.24) is 14.7 Å². The van der Waals surface area contributed by atoms with Crippen LogP contribution in [0.25, 0.3) is 6.08 Å². The first kappa shape index (κ1) is 15.4. The molecule has 1 aliphatic heterocycles. The fraction of sp³-hybridized carbons (Fsp3) is 0.444. The van der Waals surface area contributed by atoms with Crippen LogP contribution in [0.3, 0.4) is 0 Å². The highest BCUT2D eigenvalue weighted by Crippen LogP contribution is 2.40. The van der Waals surface area contributed by atoms with Gasteiger partial charge in [0.1, 0.15) is 5.82 Å². The number of carbonyl (C=O) groups is 1. The van der Waals surface area contributed by atoms with Crippen LogP contribution >= 0.6 is 11.3 Å². The lowest BCUT2D eigenvalue weighted by molar-refractivity contribution is -0.126. The van der Waals surface area contributed by atoms with Crippen LogP contribution in [-0.2, 0) is 11.8 Å². The number of piperazine rings is 1. The Morgan fingerprint density at radius 1 is 1.29 bits per heavy atom. The van der Waals surface area contributed by atoms with Crippen LogP contribution in [0, 0.1) is 0 Å². The van der Waals surface area contributed by atoms with E-state index in [2.05, 4.69) is 16.1 Å². The summed E-state index contributed by atoms with van der Waals surface area (Å²) in [6.07, 6.45) is 6.14. The predicted octanol–water partition coefficient (Wildman–Crippen LogP) is 2.72. The van der Waals surface area contributed by atoms with Crippen molar-refractivity contribution in [3.63, 3.8) is 0 Å². The largest absolute Gasteiger partial charge is 0.353 e. The Labute approximate surface area is 146 Å². The van der Waals surface area contributed by atoms with Crippen LogP contribution < -0.4 is 4.90 Å². The molecule has 1 saturated heterocycles. The molecular formula is C18H22N4OS. The first-order chi connectivity index (χ1) is 11.7. The highest BCUT2D eigenvalue weighted by molar-refractivity contribution is 7.10. The zero-order chi connectivity index (χ0) is 16.5. The van der Waals surface area contributed by atoms with Crippen LogP contribution in [0.5, 0.6) is 0 Å². The summed E-state index contributed by atoms with van der Waals surface area (Å²) >= 11 is 1.65. The third-order valence-corrected chi connectivity index (χ3v) is 5.56. The minimum absolute atomic E-state index is 0.103. The van der Waals surface area contributed by atoms with Crippen LogP contribution in [-0.4, -0.2) is 46.8 Å². The fourth-order valence-corrected chi connectivity index (χ4v) is 3.77. The predicted molar refractivity (Wildman–Crippen MR) is 97.3 cm³/mol. The molecule has 2 fully saturated rings. The third-order valence-electron chi connectivity index (χ3n) is 4.72. The van der Waals surface area contributed by atoms with Gasteiger partial charge in [-0.15, -0.1) is 11.3 Å². The van der Waals surface area contributed by atoms with Crippen molar-refractivity contribution in [3.05, 3.63) is 40.2 Å². The number of hydrogen-bond acceptors (Lipinski definition) is 4. The van der Waals surface area contributed by atoms with E-state index in [1.54, 1.807) is 17.4 Å². The summed E-state index contributed by atoms with van der Waals surface area (Å²) in [5, 5.41) is 6.66. The van der Waals surface area contributed by atoms with E-state index in [0.29, 0.717) is 5.92 Å². The number of aryl methyl sites for hydroxylation is 1. The highest BCUT2D eigenvalue weighted by atomic mass is 32.1. The van der Waals surface area contributed by atoms with E-state index in [9.17, 15) is 4.79 Å². The molecule has 1 amide bonds. The van der Waals surface area contributed by atoms with Gasteiger partial charge in [-0.25, -0.2) is 0 Å². The molecule has 0 spiro atoms. The Bertz CT molecular complexity index is 737. The number of carbonyl (C=O) groups excluding carboxylic acids is 1. The Morgan fingerprint density at radius 3 is 2.75 bits per heavy atom. The van der Waals surface area contributed by atoms with Crippen molar-refractivity contribution < 1.29 is 4.79 Å². The van der Waals surface area contributed by atoms with E-state index in [1.807, 2.05) is 40.2 Å². The molecule has 1 saturated carbocycles. The van der Waals surface area contributed by atoms with Crippen molar-refractivity contribution in [2.24, 2.45) is 7.05 Å². The standard InChI is InChI=1S/C18H22N4OS/c1-20-17(13-16(19-20)14-4-5-14)21-8-10-22(11-9-21)18(23)7-6-15-3-2-12-24-15/h2-3,6-7,12-14H,4-5,8-11H2,1H3. The van der Waals surface area contributed by atoms with Gasteiger partial charge in [-0.05, 0) is 30.4 Å². The van der Waals surface area contributed by atoms with Gasteiger partial charge in [0.25, 0.3) is 0 Å². The molecule has 2 aromatic rings. The zero-order valence-electron chi connectivity index (χ0n) is 13.9. The summed E-state index contributed by atoms with van der Waals surface area (Å²) in [6.45, 7) is 3.25. The van der Waals surface area contributed by atoms with Gasteiger partial charge in [0, 0.05) is 56.2 Å². The summed E-state index contributed by atoms with van der Waals surface area (Å²) < 4.78 is 1.99. The first-order valence-corrected chi connectivity index (χ1v) is 9.38. The molecule has 0 aromatic carbocycles. The van der Waals surface area contributed by atoms with Crippen molar-refractivity contribution in [2.45, 2.75) is 18.8 Å². The Morgan fingerprint density at radius 2 is 2.08 bits per heavy atom. The molecular weight excluding hydrogens is 320 g/mol. The lowest BCUT2D eigenvalue weighted by atomic mass is 10.2. The van der Waals surface area contributed by atoms with E-state index in [-0.39, 0.29) is 5.91 Å². The first-order valence-electron chi connectivity index (χ1n) is 8.50. The Hall–Kier alpha value is -2.08. The maximum Gasteiger partial charge on any atom is 0.246 e. The van der Waals surface area contributed by atoms with Crippen molar-refractivity contribution in [1.29, 1.82) is 0 Å². The second-order valence-corrected chi connectivity index (χ2v) is 7.47. The average molecular weight is 342 g/mol. The van der Waals surface area contributed by atoms with Crippen LogP contribution in [0.4, 0.5) is 5.82 Å². The van der Waals surface area contributed by atoms with E-state index in [1.165, 1.54) is 24.4 Å². The minimum Gasteiger partial charge on any atom is -0.353 e. The number of rotatable bonds is 4. The van der Waals surface area contributed by atoms with E-state index in [4.69, 9.17) is 0 Å². The lowest BCUT2D eigenvalue weighted by Crippen LogP contribution is -2.48. The number of amides is 1. The van der Waals surface area contributed by atoms with Gasteiger partial charge >= 0.3 is 0 Å². The molecule has 5 nitrogen and oxygen atoms in total. The normalized spacial score (nSPS) is 18.5. The molecule has 2 aliphatic rings. The Balaban J connectivity index is 1.35. The summed E-state index contributed by atoms with van der Waals surface area (Å²) in [5.74, 6) is 1.96. The molecule has 24 heavy (non-hydrogen) atoms. The molecule has 0 N–H and O–H groups in total. The molecule has 2 aromatic heterocycles. The van der Waals surface area contributed by atoms with Crippen molar-refractivity contribution in [2.75, 3.05) is 31.1 Å². The molecule has 126 valence electrons. The van der Waals surface area contributed by atoms with Crippen molar-refractivity contribution >= 4 is 29.1 Å². The molecule has 4 rings (SSSR count). The number of hydrogen-bond donors (Lipinski definition) is 0. The fourth-order valence-electron chi connectivity index (χ4n) is 3.15. The molecule has 0 radical (unpaired) electrons. The minimum atomic E-state index is 0.103. The number of thiophene rings is 1. The number of anilines is 1. The summed E-state index contributed by atoms with van der Waals surface area (Å²) in [4.78, 5) is 17.7. The van der Waals surface area contributed by atoms with E-state index >= 15 is 0 Å². The summed E-state index contributed by atoms with van der Waals surface area (Å²) in [5.41, 5.74) is 1.23. The lowest BCUT2D eigenvalue weighted by Gasteiger charge is -2.35. The van der Waals surface area contributed by atoms with E-state index < -0.39 is 0 Å². The van der Waals surface area contributed by atoms with Gasteiger partial charge in [-0.3, -0.25) is 9.48 Å². The van der Waals surface area contributed by atoms with Gasteiger partial charge in [-0.2, -0.15) is 5.10 Å². The topological polar surface area (TPSA) is 41.4 Å². The average Bonchev–Trinajstić information content (AvgIpc) is 3.18. The van der Waals surface area contributed by atoms with Gasteiger partial charge < -0.3 is 9.80 Å². The number of nitrogens with zero attached hydrogens (tertiary/aromatic N) is 4. The molecule has 1 aliphatic carbocycles. The van der Waals surface area contributed by atoms with Gasteiger partial charge in [0.15, 0.2) is 0 Å². The molecule has 3 heterocycles. The van der Waals surface area contributed by atoms with E-state index in [0.717, 1.165) is 31.1 Å². The van der Waals surface area contributed by atoms with Crippen LogP contribution in [0.2, 0.25) is 0 Å². The monoisotopic (exact) mass is 342 g/mol. The SMILES string of the molecule is Cn1nc(C2CC2)cc1N1CCN(C(=O)C=Cc2cccs2)CC1. The molecule has 0 bridgehead atoms. The second kappa shape index (κ2) is 6.43. The molecule has 0 unspecified atom stereocenters. The van der Waals surface area contributed by atoms with Gasteiger partial charge in [-0.1, -0.05) is 6.07 Å². The van der Waals surface area contributed by atoms with Crippen LogP contribution in [0.1, 0.15) is 29.3 Å². The Kier molecular flexibility index (Phi) is 4.14. The smallest absolute Gasteiger partial charge is 0.246 e. The molecule has 6 heteroatoms. The van der Waals surface area contributed by atoms with Crippen LogP contribution in [0.15, 0.2) is 29.7 Å². The zero-order valence-corrected chi connectivity index (χ0v) is 14.7.